The number of nitro groups is 1. The van der Waals surface area contributed by atoms with Crippen molar-refractivity contribution in [3.63, 3.8) is 0 Å². The molecule has 3 aromatic rings. The van der Waals surface area contributed by atoms with Crippen LogP contribution < -0.4 is 24.6 Å². The second-order valence-corrected chi connectivity index (χ2v) is 9.41. The zero-order valence-electron chi connectivity index (χ0n) is 22.3. The summed E-state index contributed by atoms with van der Waals surface area (Å²) in [6.07, 6.45) is 1.41. The van der Waals surface area contributed by atoms with E-state index in [9.17, 15) is 19.7 Å². The maximum atomic E-state index is 13.4. The molecule has 2 amide bonds. The fraction of sp³-hybridized carbons (Fsp3) is 0.320. The first-order valence-corrected chi connectivity index (χ1v) is 11.8. The van der Waals surface area contributed by atoms with E-state index in [-0.39, 0.29) is 47.2 Å². The highest BCUT2D eigenvalue weighted by atomic mass is 16.6. The molecule has 0 saturated heterocycles. The number of carbonyl (C=O) groups excluding carboxylic acids is 2. The van der Waals surface area contributed by atoms with Gasteiger partial charge < -0.3 is 24.6 Å². The number of rotatable bonds is 8. The summed E-state index contributed by atoms with van der Waals surface area (Å²) in [7, 11) is 6.55. The van der Waals surface area contributed by atoms with Crippen molar-refractivity contribution in [1.29, 1.82) is 0 Å². The smallest absolute Gasteiger partial charge is 0.276 e. The van der Waals surface area contributed by atoms with Gasteiger partial charge in [0.15, 0.2) is 17.2 Å². The van der Waals surface area contributed by atoms with Crippen molar-refractivity contribution >= 4 is 46.5 Å². The van der Waals surface area contributed by atoms with E-state index in [1.54, 1.807) is 58.1 Å². The molecule has 0 atom stereocenters. The maximum Gasteiger partial charge on any atom is 0.276 e. The number of likely N-dealkylation sites (N-methyl/N-ethyl adjacent to an activating group) is 2. The fourth-order valence-electron chi connectivity index (χ4n) is 3.76. The average molecular weight is 537 g/mol. The van der Waals surface area contributed by atoms with Gasteiger partial charge >= 0.3 is 0 Å². The second-order valence-electron chi connectivity index (χ2n) is 9.41. The molecule has 1 aliphatic heterocycles. The third kappa shape index (κ3) is 5.49. The lowest BCUT2D eigenvalue weighted by Gasteiger charge is -2.37. The SMILES string of the molecule is COc1nc(N(C)CC(=O)N(C)C)ccc1Nc1ncc2c(n1)N(c1cccc([N+](=O)[O-])c1)C(=O)C(C)(C)O2. The number of methoxy groups -OCH3 is 1. The zero-order chi connectivity index (χ0) is 28.5. The highest BCUT2D eigenvalue weighted by Gasteiger charge is 2.43. The number of hydrogen-bond acceptors (Lipinski definition) is 11. The molecule has 0 fully saturated rings. The number of nitrogens with one attached hydrogen (secondary N) is 1. The summed E-state index contributed by atoms with van der Waals surface area (Å²) in [4.78, 5) is 54.0. The standard InChI is InChI=1S/C25H28N8O6/c1-25(2)23(35)32(15-8-7-9-16(12-15)33(36)37)21-18(39-25)13-26-24(29-21)27-17-10-11-19(28-22(17)38-6)31(5)14-20(34)30(3)4/h7-13H,14H2,1-6H3,(H,26,27,29). The molecule has 2 aromatic heterocycles. The third-order valence-corrected chi connectivity index (χ3v) is 5.88. The molecule has 39 heavy (non-hydrogen) atoms. The Morgan fingerprint density at radius 3 is 2.62 bits per heavy atom. The van der Waals surface area contributed by atoms with Gasteiger partial charge in [0.1, 0.15) is 11.5 Å². The van der Waals surface area contributed by atoms with E-state index in [0.29, 0.717) is 11.5 Å². The number of hydrogen-bond donors (Lipinski definition) is 1. The summed E-state index contributed by atoms with van der Waals surface area (Å²) >= 11 is 0. The Hall–Kier alpha value is -5.01. The van der Waals surface area contributed by atoms with Gasteiger partial charge in [-0.2, -0.15) is 9.97 Å². The van der Waals surface area contributed by atoms with Crippen LogP contribution in [-0.2, 0) is 9.59 Å². The van der Waals surface area contributed by atoms with Crippen LogP contribution in [0.4, 0.5) is 34.6 Å². The van der Waals surface area contributed by atoms with Crippen molar-refractivity contribution in [1.82, 2.24) is 19.9 Å². The van der Waals surface area contributed by atoms with E-state index in [1.807, 2.05) is 0 Å². The largest absolute Gasteiger partial charge is 0.479 e. The summed E-state index contributed by atoms with van der Waals surface area (Å²) in [6.45, 7) is 3.31. The number of benzene rings is 1. The first-order chi connectivity index (χ1) is 18.4. The normalized spacial score (nSPS) is 13.7. The number of nitro benzene ring substituents is 1. The molecule has 3 heterocycles. The Morgan fingerprint density at radius 2 is 1.95 bits per heavy atom. The van der Waals surface area contributed by atoms with Crippen LogP contribution in [0, 0.1) is 10.1 Å². The number of nitrogens with zero attached hydrogens (tertiary/aromatic N) is 7. The minimum absolute atomic E-state index is 0.0869. The van der Waals surface area contributed by atoms with Gasteiger partial charge in [-0.05, 0) is 32.0 Å². The number of pyridine rings is 1. The van der Waals surface area contributed by atoms with Crippen molar-refractivity contribution in [2.75, 3.05) is 49.9 Å². The molecule has 1 aliphatic rings. The monoisotopic (exact) mass is 536 g/mol. The number of ether oxygens (including phenoxy) is 2. The van der Waals surface area contributed by atoms with Crippen LogP contribution in [0.1, 0.15) is 13.8 Å². The molecule has 1 aromatic carbocycles. The molecule has 0 unspecified atom stereocenters. The van der Waals surface area contributed by atoms with Gasteiger partial charge in [-0.15, -0.1) is 0 Å². The van der Waals surface area contributed by atoms with Crippen molar-refractivity contribution in [3.05, 3.63) is 52.7 Å². The predicted molar refractivity (Wildman–Crippen MR) is 143 cm³/mol. The highest BCUT2D eigenvalue weighted by Crippen LogP contribution is 2.41. The molecule has 204 valence electrons. The second kappa shape index (κ2) is 10.4. The van der Waals surface area contributed by atoms with Crippen LogP contribution in [0.25, 0.3) is 0 Å². The Bertz CT molecular complexity index is 1440. The molecular weight excluding hydrogens is 508 g/mol. The lowest BCUT2D eigenvalue weighted by Crippen LogP contribution is -2.51. The summed E-state index contributed by atoms with van der Waals surface area (Å²) in [5, 5.41) is 14.4. The first-order valence-electron chi connectivity index (χ1n) is 11.8. The molecule has 1 N–H and O–H groups in total. The molecule has 14 nitrogen and oxygen atoms in total. The minimum Gasteiger partial charge on any atom is -0.479 e. The summed E-state index contributed by atoms with van der Waals surface area (Å²) in [5.74, 6) is 0.630. The van der Waals surface area contributed by atoms with Gasteiger partial charge in [0.2, 0.25) is 17.7 Å². The van der Waals surface area contributed by atoms with Crippen molar-refractivity contribution in [2.45, 2.75) is 19.4 Å². The van der Waals surface area contributed by atoms with Gasteiger partial charge in [0.25, 0.3) is 11.6 Å². The minimum atomic E-state index is -1.26. The lowest BCUT2D eigenvalue weighted by molar-refractivity contribution is -0.384. The van der Waals surface area contributed by atoms with Crippen molar-refractivity contribution in [2.24, 2.45) is 0 Å². The van der Waals surface area contributed by atoms with Gasteiger partial charge in [0, 0.05) is 33.3 Å². The fourth-order valence-corrected chi connectivity index (χ4v) is 3.76. The molecule has 0 bridgehead atoms. The summed E-state index contributed by atoms with van der Waals surface area (Å²) < 4.78 is 11.3. The van der Waals surface area contributed by atoms with Gasteiger partial charge in [0.05, 0.1) is 30.5 Å². The third-order valence-electron chi connectivity index (χ3n) is 5.88. The number of amides is 2. The summed E-state index contributed by atoms with van der Waals surface area (Å²) in [6, 6.07) is 9.10. The van der Waals surface area contributed by atoms with E-state index < -0.39 is 16.4 Å². The predicted octanol–water partition coefficient (Wildman–Crippen LogP) is 2.89. The van der Waals surface area contributed by atoms with E-state index in [4.69, 9.17) is 9.47 Å². The van der Waals surface area contributed by atoms with Gasteiger partial charge in [-0.3, -0.25) is 24.6 Å². The number of carbonyl (C=O) groups is 2. The number of aromatic nitrogens is 3. The Kier molecular flexibility index (Phi) is 7.21. The summed E-state index contributed by atoms with van der Waals surface area (Å²) in [5.41, 5.74) is -0.750. The molecule has 0 saturated carbocycles. The van der Waals surface area contributed by atoms with Gasteiger partial charge in [-0.25, -0.2) is 4.98 Å². The molecule has 14 heteroatoms. The van der Waals surface area contributed by atoms with E-state index >= 15 is 0 Å². The molecule has 4 rings (SSSR count). The van der Waals surface area contributed by atoms with Crippen LogP contribution in [0.5, 0.6) is 11.6 Å². The van der Waals surface area contributed by atoms with Crippen molar-refractivity contribution < 1.29 is 24.0 Å². The first kappa shape index (κ1) is 27.0. The Morgan fingerprint density at radius 1 is 1.21 bits per heavy atom. The average Bonchev–Trinajstić information content (AvgIpc) is 2.89. The lowest BCUT2D eigenvalue weighted by atomic mass is 10.0. The van der Waals surface area contributed by atoms with E-state index in [1.165, 1.54) is 41.3 Å². The highest BCUT2D eigenvalue weighted by molar-refractivity contribution is 6.07. The molecular formula is C25H28N8O6. The maximum absolute atomic E-state index is 13.4. The number of non-ortho nitro benzene ring substituents is 1. The Labute approximate surface area is 224 Å². The molecule has 0 radical (unpaired) electrons. The number of fused-ring (bicyclic) bond motifs is 1. The molecule has 0 aliphatic carbocycles. The number of anilines is 5. The zero-order valence-corrected chi connectivity index (χ0v) is 22.3. The van der Waals surface area contributed by atoms with E-state index in [2.05, 4.69) is 20.3 Å². The topological polar surface area (TPSA) is 156 Å². The van der Waals surface area contributed by atoms with Crippen LogP contribution in [0.15, 0.2) is 42.6 Å². The van der Waals surface area contributed by atoms with Crippen LogP contribution in [0.2, 0.25) is 0 Å². The van der Waals surface area contributed by atoms with Crippen LogP contribution in [0.3, 0.4) is 0 Å². The van der Waals surface area contributed by atoms with E-state index in [0.717, 1.165) is 0 Å². The van der Waals surface area contributed by atoms with Crippen LogP contribution >= 0.6 is 0 Å². The molecule has 0 spiro atoms. The quantitative estimate of drug-likeness (QED) is 0.333. The van der Waals surface area contributed by atoms with Crippen molar-refractivity contribution in [3.8, 4) is 11.6 Å². The Balaban J connectivity index is 1.68. The van der Waals surface area contributed by atoms with Gasteiger partial charge in [-0.1, -0.05) is 6.07 Å². The van der Waals surface area contributed by atoms with Crippen LogP contribution in [-0.4, -0.2) is 77.0 Å².